The fourth-order valence-electron chi connectivity index (χ4n) is 4.57. The van der Waals surface area contributed by atoms with Gasteiger partial charge in [-0.3, -0.25) is 9.59 Å². The number of nitrogens with zero attached hydrogens (tertiary/aromatic N) is 2. The molecule has 3 fully saturated rings. The van der Waals surface area contributed by atoms with Gasteiger partial charge in [-0.1, -0.05) is 19.1 Å². The number of carbonyl (C=O) groups excluding carboxylic acids is 2. The van der Waals surface area contributed by atoms with Crippen LogP contribution < -0.4 is 10.2 Å². The Labute approximate surface area is 167 Å². The van der Waals surface area contributed by atoms with Crippen LogP contribution in [-0.2, 0) is 14.3 Å². The summed E-state index contributed by atoms with van der Waals surface area (Å²) in [7, 11) is 0. The minimum Gasteiger partial charge on any atom is -0.378 e. The van der Waals surface area contributed by atoms with Gasteiger partial charge in [0.25, 0.3) is 0 Å². The van der Waals surface area contributed by atoms with Crippen molar-refractivity contribution in [1.29, 1.82) is 0 Å². The van der Waals surface area contributed by atoms with E-state index in [9.17, 15) is 9.59 Å². The number of likely N-dealkylation sites (tertiary alicyclic amines) is 1. The molecule has 2 aliphatic heterocycles. The number of para-hydroxylation sites is 2. The molecule has 0 aromatic heterocycles. The molecule has 1 aromatic carbocycles. The average molecular weight is 386 g/mol. The van der Waals surface area contributed by atoms with Crippen molar-refractivity contribution < 1.29 is 14.3 Å². The van der Waals surface area contributed by atoms with E-state index >= 15 is 0 Å². The van der Waals surface area contributed by atoms with E-state index < -0.39 is 0 Å². The summed E-state index contributed by atoms with van der Waals surface area (Å²) in [6.45, 7) is 6.05. The van der Waals surface area contributed by atoms with E-state index in [1.165, 1.54) is 6.42 Å². The molecule has 2 saturated heterocycles. The molecule has 3 unspecified atom stereocenters. The molecule has 0 bridgehead atoms. The van der Waals surface area contributed by atoms with Gasteiger partial charge in [0.2, 0.25) is 11.8 Å². The topological polar surface area (TPSA) is 61.9 Å². The number of nitrogens with one attached hydrogen (secondary N) is 1. The third kappa shape index (κ3) is 4.02. The zero-order valence-electron chi connectivity index (χ0n) is 16.7. The number of benzene rings is 1. The van der Waals surface area contributed by atoms with Gasteiger partial charge >= 0.3 is 0 Å². The molecule has 2 amide bonds. The molecule has 0 radical (unpaired) electrons. The van der Waals surface area contributed by atoms with Crippen LogP contribution in [0.2, 0.25) is 0 Å². The average Bonchev–Trinajstić information content (AvgIpc) is 3.55. The highest BCUT2D eigenvalue weighted by molar-refractivity contribution is 6.01. The number of anilines is 2. The SMILES string of the molecule is CCC1CCCCN1C(=O)C1CC1C(=O)Nc1ccccc1N1CCOCC1. The number of rotatable bonds is 5. The summed E-state index contributed by atoms with van der Waals surface area (Å²) in [4.78, 5) is 30.1. The number of piperidine rings is 1. The zero-order valence-corrected chi connectivity index (χ0v) is 16.7. The number of ether oxygens (including phenoxy) is 1. The van der Waals surface area contributed by atoms with Gasteiger partial charge in [0.05, 0.1) is 36.4 Å². The van der Waals surface area contributed by atoms with Crippen LogP contribution in [0.5, 0.6) is 0 Å². The van der Waals surface area contributed by atoms with E-state index in [0.29, 0.717) is 25.7 Å². The number of amides is 2. The summed E-state index contributed by atoms with van der Waals surface area (Å²) in [5.74, 6) is -0.162. The van der Waals surface area contributed by atoms with Crippen LogP contribution in [0, 0.1) is 11.8 Å². The predicted octanol–water partition coefficient (Wildman–Crippen LogP) is 2.89. The molecular formula is C22H31N3O3. The third-order valence-electron chi connectivity index (χ3n) is 6.34. The summed E-state index contributed by atoms with van der Waals surface area (Å²) in [5, 5.41) is 3.09. The minimum absolute atomic E-state index is 0.0240. The molecule has 28 heavy (non-hydrogen) atoms. The van der Waals surface area contributed by atoms with Crippen LogP contribution in [0.25, 0.3) is 0 Å². The Morgan fingerprint density at radius 3 is 2.68 bits per heavy atom. The first kappa shape index (κ1) is 19.2. The van der Waals surface area contributed by atoms with E-state index in [2.05, 4.69) is 17.1 Å². The molecule has 2 heterocycles. The van der Waals surface area contributed by atoms with Crippen LogP contribution in [0.1, 0.15) is 39.0 Å². The van der Waals surface area contributed by atoms with Crippen molar-refractivity contribution in [3.05, 3.63) is 24.3 Å². The standard InChI is InChI=1S/C22H31N3O3/c1-2-16-7-5-6-10-25(16)22(27)18-15-17(18)21(26)23-19-8-3-4-9-20(19)24-11-13-28-14-12-24/h3-4,8-9,16-18H,2,5-7,10-15H2,1H3,(H,23,26). The smallest absolute Gasteiger partial charge is 0.228 e. The maximum atomic E-state index is 12.9. The number of morpholine rings is 1. The van der Waals surface area contributed by atoms with E-state index in [-0.39, 0.29) is 23.7 Å². The van der Waals surface area contributed by atoms with Crippen LogP contribution in [0.15, 0.2) is 24.3 Å². The van der Waals surface area contributed by atoms with Gasteiger partial charge in [-0.25, -0.2) is 0 Å². The minimum atomic E-state index is -0.190. The third-order valence-corrected chi connectivity index (χ3v) is 6.34. The van der Waals surface area contributed by atoms with Crippen LogP contribution in [0.4, 0.5) is 11.4 Å². The molecule has 152 valence electrons. The highest BCUT2D eigenvalue weighted by Gasteiger charge is 2.50. The van der Waals surface area contributed by atoms with Gasteiger partial charge in [-0.05, 0) is 44.2 Å². The summed E-state index contributed by atoms with van der Waals surface area (Å²) in [5.41, 5.74) is 1.86. The maximum absolute atomic E-state index is 12.9. The lowest BCUT2D eigenvalue weighted by Gasteiger charge is -2.35. The number of carbonyl (C=O) groups is 2. The Morgan fingerprint density at radius 2 is 1.89 bits per heavy atom. The quantitative estimate of drug-likeness (QED) is 0.847. The van der Waals surface area contributed by atoms with Crippen LogP contribution >= 0.6 is 0 Å². The lowest BCUT2D eigenvalue weighted by Crippen LogP contribution is -2.44. The predicted molar refractivity (Wildman–Crippen MR) is 109 cm³/mol. The molecule has 1 N–H and O–H groups in total. The highest BCUT2D eigenvalue weighted by Crippen LogP contribution is 2.42. The first-order chi connectivity index (χ1) is 13.7. The monoisotopic (exact) mass is 385 g/mol. The Bertz CT molecular complexity index is 717. The lowest BCUT2D eigenvalue weighted by molar-refractivity contribution is -0.137. The van der Waals surface area contributed by atoms with Crippen LogP contribution in [-0.4, -0.2) is 55.6 Å². The Hall–Kier alpha value is -2.08. The van der Waals surface area contributed by atoms with Gasteiger partial charge in [0.15, 0.2) is 0 Å². The second kappa shape index (κ2) is 8.52. The van der Waals surface area contributed by atoms with Crippen molar-refractivity contribution in [3.8, 4) is 0 Å². The maximum Gasteiger partial charge on any atom is 0.228 e. The first-order valence-corrected chi connectivity index (χ1v) is 10.7. The number of hydrogen-bond donors (Lipinski definition) is 1. The second-order valence-electron chi connectivity index (χ2n) is 8.14. The van der Waals surface area contributed by atoms with E-state index in [4.69, 9.17) is 4.74 Å². The van der Waals surface area contributed by atoms with Crippen molar-refractivity contribution in [3.63, 3.8) is 0 Å². The fraction of sp³-hybridized carbons (Fsp3) is 0.636. The normalized spacial score (nSPS) is 27.4. The van der Waals surface area contributed by atoms with Crippen molar-refractivity contribution >= 4 is 23.2 Å². The lowest BCUT2D eigenvalue weighted by atomic mass is 9.99. The van der Waals surface area contributed by atoms with E-state index in [0.717, 1.165) is 50.3 Å². The summed E-state index contributed by atoms with van der Waals surface area (Å²) >= 11 is 0. The summed E-state index contributed by atoms with van der Waals surface area (Å²) in [6.07, 6.45) is 5.06. The van der Waals surface area contributed by atoms with Gasteiger partial charge in [-0.15, -0.1) is 0 Å². The van der Waals surface area contributed by atoms with E-state index in [1.54, 1.807) is 0 Å². The highest BCUT2D eigenvalue weighted by atomic mass is 16.5. The zero-order chi connectivity index (χ0) is 19.5. The number of hydrogen-bond acceptors (Lipinski definition) is 4. The molecule has 3 aliphatic rings. The van der Waals surface area contributed by atoms with Crippen molar-refractivity contribution in [2.24, 2.45) is 11.8 Å². The Morgan fingerprint density at radius 1 is 1.11 bits per heavy atom. The molecule has 0 spiro atoms. The molecular weight excluding hydrogens is 354 g/mol. The molecule has 3 atom stereocenters. The fourth-order valence-corrected chi connectivity index (χ4v) is 4.57. The molecule has 1 aliphatic carbocycles. The molecule has 1 saturated carbocycles. The second-order valence-corrected chi connectivity index (χ2v) is 8.14. The summed E-state index contributed by atoms with van der Waals surface area (Å²) < 4.78 is 5.44. The first-order valence-electron chi connectivity index (χ1n) is 10.7. The molecule has 1 aromatic rings. The molecule has 6 nitrogen and oxygen atoms in total. The van der Waals surface area contributed by atoms with Crippen molar-refractivity contribution in [2.45, 2.75) is 45.1 Å². The van der Waals surface area contributed by atoms with E-state index in [1.807, 2.05) is 29.2 Å². The molecule has 4 rings (SSSR count). The van der Waals surface area contributed by atoms with Gasteiger partial charge in [0.1, 0.15) is 0 Å². The van der Waals surface area contributed by atoms with Gasteiger partial charge in [-0.2, -0.15) is 0 Å². The van der Waals surface area contributed by atoms with Crippen LogP contribution in [0.3, 0.4) is 0 Å². The summed E-state index contributed by atoms with van der Waals surface area (Å²) in [6, 6.07) is 8.27. The largest absolute Gasteiger partial charge is 0.378 e. The van der Waals surface area contributed by atoms with Crippen molar-refractivity contribution in [2.75, 3.05) is 43.1 Å². The van der Waals surface area contributed by atoms with Gasteiger partial charge < -0.3 is 19.9 Å². The van der Waals surface area contributed by atoms with Crippen molar-refractivity contribution in [1.82, 2.24) is 4.90 Å². The molecule has 6 heteroatoms. The Kier molecular flexibility index (Phi) is 5.85. The Balaban J connectivity index is 1.38. The van der Waals surface area contributed by atoms with Gasteiger partial charge in [0, 0.05) is 25.7 Å².